The van der Waals surface area contributed by atoms with Crippen molar-refractivity contribution >= 4 is 5.91 Å². The van der Waals surface area contributed by atoms with E-state index in [1.807, 2.05) is 45.3 Å². The fourth-order valence-electron chi connectivity index (χ4n) is 1.88. The maximum absolute atomic E-state index is 11.6. The average Bonchev–Trinajstić information content (AvgIpc) is 2.45. The van der Waals surface area contributed by atoms with Crippen molar-refractivity contribution < 1.29 is 14.3 Å². The van der Waals surface area contributed by atoms with Crippen LogP contribution in [0.4, 0.5) is 0 Å². The molecule has 0 fully saturated rings. The minimum atomic E-state index is -0.0905. The zero-order valence-electron chi connectivity index (χ0n) is 12.7. The van der Waals surface area contributed by atoms with Gasteiger partial charge in [0.05, 0.1) is 13.2 Å². The summed E-state index contributed by atoms with van der Waals surface area (Å²) in [5.74, 6) is 0.735. The minimum absolute atomic E-state index is 0.0905. The second kappa shape index (κ2) is 8.55. The zero-order valence-corrected chi connectivity index (χ0v) is 12.7. The van der Waals surface area contributed by atoms with E-state index in [2.05, 4.69) is 10.2 Å². The number of nitrogens with zero attached hydrogens (tertiary/aromatic N) is 1. The maximum atomic E-state index is 11.6. The summed E-state index contributed by atoms with van der Waals surface area (Å²) in [6.45, 7) is 3.07. The van der Waals surface area contributed by atoms with Gasteiger partial charge in [0.2, 0.25) is 5.91 Å². The van der Waals surface area contributed by atoms with Crippen LogP contribution in [0.15, 0.2) is 24.3 Å². The lowest BCUT2D eigenvalue weighted by molar-refractivity contribution is -0.125. The summed E-state index contributed by atoms with van der Waals surface area (Å²) in [5.41, 5.74) is 1.13. The largest absolute Gasteiger partial charge is 0.497 e. The van der Waals surface area contributed by atoms with Crippen molar-refractivity contribution in [1.82, 2.24) is 10.2 Å². The highest BCUT2D eigenvalue weighted by Gasteiger charge is 2.15. The zero-order chi connectivity index (χ0) is 15.0. The summed E-state index contributed by atoms with van der Waals surface area (Å²) in [7, 11) is 5.62. The van der Waals surface area contributed by atoms with E-state index in [-0.39, 0.29) is 18.6 Å². The van der Waals surface area contributed by atoms with Crippen molar-refractivity contribution in [3.8, 4) is 5.75 Å². The Kier molecular flexibility index (Phi) is 7.04. The Bertz CT molecular complexity index is 404. The van der Waals surface area contributed by atoms with Gasteiger partial charge in [-0.3, -0.25) is 4.79 Å². The number of hydrogen-bond donors (Lipinski definition) is 1. The normalized spacial score (nSPS) is 12.2. The minimum Gasteiger partial charge on any atom is -0.497 e. The molecule has 0 aliphatic carbocycles. The molecule has 1 aromatic carbocycles. The maximum Gasteiger partial charge on any atom is 0.246 e. The molecular weight excluding hydrogens is 256 g/mol. The van der Waals surface area contributed by atoms with Crippen LogP contribution in [0.5, 0.6) is 5.75 Å². The van der Waals surface area contributed by atoms with Crippen LogP contribution in [-0.2, 0) is 9.53 Å². The van der Waals surface area contributed by atoms with E-state index in [1.165, 1.54) is 0 Å². The molecule has 0 aliphatic rings. The molecule has 0 bridgehead atoms. The topological polar surface area (TPSA) is 50.8 Å². The summed E-state index contributed by atoms with van der Waals surface area (Å²) in [6, 6.07) is 7.99. The summed E-state index contributed by atoms with van der Waals surface area (Å²) in [4.78, 5) is 13.7. The molecule has 0 saturated carbocycles. The van der Waals surface area contributed by atoms with Crippen molar-refractivity contribution in [3.63, 3.8) is 0 Å². The fourth-order valence-corrected chi connectivity index (χ4v) is 1.88. The molecule has 1 rings (SSSR count). The third-order valence-electron chi connectivity index (χ3n) is 3.05. The SMILES string of the molecule is CCOCC(=O)NCC(c1ccc(OC)cc1)N(C)C. The third kappa shape index (κ3) is 5.19. The van der Waals surface area contributed by atoms with Gasteiger partial charge >= 0.3 is 0 Å². The average molecular weight is 280 g/mol. The molecule has 0 saturated heterocycles. The number of likely N-dealkylation sites (N-methyl/N-ethyl adjacent to an activating group) is 1. The first-order valence-electron chi connectivity index (χ1n) is 6.73. The molecule has 0 radical (unpaired) electrons. The smallest absolute Gasteiger partial charge is 0.246 e. The number of nitrogens with one attached hydrogen (secondary N) is 1. The number of hydrogen-bond acceptors (Lipinski definition) is 4. The number of benzene rings is 1. The second-order valence-electron chi connectivity index (χ2n) is 4.69. The highest BCUT2D eigenvalue weighted by atomic mass is 16.5. The number of amides is 1. The molecular formula is C15H24N2O3. The van der Waals surface area contributed by atoms with E-state index in [4.69, 9.17) is 9.47 Å². The van der Waals surface area contributed by atoms with E-state index in [0.717, 1.165) is 11.3 Å². The number of rotatable bonds is 8. The lowest BCUT2D eigenvalue weighted by Crippen LogP contribution is -2.36. The van der Waals surface area contributed by atoms with Crippen LogP contribution in [0.1, 0.15) is 18.5 Å². The van der Waals surface area contributed by atoms with E-state index in [0.29, 0.717) is 13.2 Å². The van der Waals surface area contributed by atoms with Crippen LogP contribution < -0.4 is 10.1 Å². The van der Waals surface area contributed by atoms with Crippen LogP contribution in [0.3, 0.4) is 0 Å². The van der Waals surface area contributed by atoms with Gasteiger partial charge < -0.3 is 19.7 Å². The van der Waals surface area contributed by atoms with Gasteiger partial charge in [0, 0.05) is 13.2 Å². The molecule has 1 N–H and O–H groups in total. The second-order valence-corrected chi connectivity index (χ2v) is 4.69. The van der Waals surface area contributed by atoms with E-state index in [1.54, 1.807) is 7.11 Å². The quantitative estimate of drug-likeness (QED) is 0.783. The predicted octanol–water partition coefficient (Wildman–Crippen LogP) is 1.45. The van der Waals surface area contributed by atoms with Crippen LogP contribution >= 0.6 is 0 Å². The van der Waals surface area contributed by atoms with Gasteiger partial charge in [0.1, 0.15) is 12.4 Å². The lowest BCUT2D eigenvalue weighted by Gasteiger charge is -2.25. The third-order valence-corrected chi connectivity index (χ3v) is 3.05. The highest BCUT2D eigenvalue weighted by molar-refractivity contribution is 5.77. The van der Waals surface area contributed by atoms with Crippen molar-refractivity contribution in [2.24, 2.45) is 0 Å². The van der Waals surface area contributed by atoms with Gasteiger partial charge in [-0.25, -0.2) is 0 Å². The van der Waals surface area contributed by atoms with E-state index in [9.17, 15) is 4.79 Å². The molecule has 0 aromatic heterocycles. The molecule has 1 atom stereocenters. The number of carbonyl (C=O) groups is 1. The molecule has 0 aliphatic heterocycles. The Labute approximate surface area is 120 Å². The first kappa shape index (κ1) is 16.5. The van der Waals surface area contributed by atoms with Gasteiger partial charge in [0.25, 0.3) is 0 Å². The van der Waals surface area contributed by atoms with Crippen molar-refractivity contribution in [2.45, 2.75) is 13.0 Å². The van der Waals surface area contributed by atoms with Crippen molar-refractivity contribution in [1.29, 1.82) is 0 Å². The molecule has 5 heteroatoms. The Hall–Kier alpha value is -1.59. The molecule has 1 amide bonds. The predicted molar refractivity (Wildman–Crippen MR) is 78.9 cm³/mol. The van der Waals surface area contributed by atoms with Gasteiger partial charge in [-0.1, -0.05) is 12.1 Å². The van der Waals surface area contributed by atoms with Crippen LogP contribution in [-0.4, -0.2) is 51.8 Å². The summed E-state index contributed by atoms with van der Waals surface area (Å²) < 4.78 is 10.2. The molecule has 0 heterocycles. The fraction of sp³-hybridized carbons (Fsp3) is 0.533. The molecule has 1 unspecified atom stereocenters. The van der Waals surface area contributed by atoms with E-state index >= 15 is 0 Å². The van der Waals surface area contributed by atoms with Crippen LogP contribution in [0.2, 0.25) is 0 Å². The Morgan fingerprint density at radius 2 is 1.95 bits per heavy atom. The lowest BCUT2D eigenvalue weighted by atomic mass is 10.1. The van der Waals surface area contributed by atoms with Gasteiger partial charge in [-0.05, 0) is 38.7 Å². The Morgan fingerprint density at radius 1 is 1.30 bits per heavy atom. The van der Waals surface area contributed by atoms with Gasteiger partial charge in [-0.15, -0.1) is 0 Å². The molecule has 0 spiro atoms. The summed E-state index contributed by atoms with van der Waals surface area (Å²) >= 11 is 0. The van der Waals surface area contributed by atoms with Crippen molar-refractivity contribution in [3.05, 3.63) is 29.8 Å². The number of ether oxygens (including phenoxy) is 2. The number of carbonyl (C=O) groups excluding carboxylic acids is 1. The van der Waals surface area contributed by atoms with E-state index < -0.39 is 0 Å². The molecule has 1 aromatic rings. The highest BCUT2D eigenvalue weighted by Crippen LogP contribution is 2.20. The van der Waals surface area contributed by atoms with Gasteiger partial charge in [0.15, 0.2) is 0 Å². The van der Waals surface area contributed by atoms with Crippen molar-refractivity contribution in [2.75, 3.05) is 41.0 Å². The molecule has 20 heavy (non-hydrogen) atoms. The van der Waals surface area contributed by atoms with Gasteiger partial charge in [-0.2, -0.15) is 0 Å². The summed E-state index contributed by atoms with van der Waals surface area (Å²) in [5, 5.41) is 2.89. The summed E-state index contributed by atoms with van der Waals surface area (Å²) in [6.07, 6.45) is 0. The standard InChI is InChI=1S/C15H24N2O3/c1-5-20-11-15(18)16-10-14(17(2)3)12-6-8-13(19-4)9-7-12/h6-9,14H,5,10-11H2,1-4H3,(H,16,18). The molecule has 5 nitrogen and oxygen atoms in total. The number of methoxy groups -OCH3 is 1. The first-order chi connectivity index (χ1) is 9.58. The van der Waals surface area contributed by atoms with Crippen LogP contribution in [0.25, 0.3) is 0 Å². The van der Waals surface area contributed by atoms with Crippen LogP contribution in [0, 0.1) is 0 Å². The Balaban J connectivity index is 2.61. The first-order valence-corrected chi connectivity index (χ1v) is 6.73. The Morgan fingerprint density at radius 3 is 2.45 bits per heavy atom. The molecule has 112 valence electrons. The monoisotopic (exact) mass is 280 g/mol.